The van der Waals surface area contributed by atoms with E-state index in [0.717, 1.165) is 43.5 Å². The number of rotatable bonds is 8. The maximum atomic E-state index is 10.8. The van der Waals surface area contributed by atoms with Crippen molar-refractivity contribution >= 4 is 5.91 Å². The highest BCUT2D eigenvalue weighted by Crippen LogP contribution is 2.09. The standard InChI is InChI=1S/C15H20N4O2/c20-15(17-21)11-7-2-1-4-8-13-12-19(18-16-13)14-9-5-3-6-10-14/h3,5-6,9-10,12,21H,1-2,4,7-8,11H2,(H,17,20). The summed E-state index contributed by atoms with van der Waals surface area (Å²) in [5, 5.41) is 16.7. The molecule has 112 valence electrons. The maximum Gasteiger partial charge on any atom is 0.243 e. The lowest BCUT2D eigenvalue weighted by molar-refractivity contribution is -0.129. The van der Waals surface area contributed by atoms with Gasteiger partial charge in [0.2, 0.25) is 5.91 Å². The van der Waals surface area contributed by atoms with Crippen LogP contribution in [0.3, 0.4) is 0 Å². The predicted molar refractivity (Wildman–Crippen MR) is 78.1 cm³/mol. The first-order valence-electron chi connectivity index (χ1n) is 7.19. The Morgan fingerprint density at radius 1 is 1.14 bits per heavy atom. The molecule has 2 rings (SSSR count). The number of aromatic nitrogens is 3. The summed E-state index contributed by atoms with van der Waals surface area (Å²) < 4.78 is 1.78. The summed E-state index contributed by atoms with van der Waals surface area (Å²) in [6, 6.07) is 9.90. The van der Waals surface area contributed by atoms with Gasteiger partial charge in [0, 0.05) is 6.42 Å². The summed E-state index contributed by atoms with van der Waals surface area (Å²) in [6.45, 7) is 0. The Hall–Kier alpha value is -2.21. The highest BCUT2D eigenvalue weighted by atomic mass is 16.5. The second-order valence-electron chi connectivity index (χ2n) is 4.94. The normalized spacial score (nSPS) is 10.5. The van der Waals surface area contributed by atoms with Gasteiger partial charge in [0.25, 0.3) is 0 Å². The Kier molecular flexibility index (Phi) is 5.90. The quantitative estimate of drug-likeness (QED) is 0.443. The first-order valence-corrected chi connectivity index (χ1v) is 7.19. The highest BCUT2D eigenvalue weighted by molar-refractivity contribution is 5.74. The number of aryl methyl sites for hydroxylation is 1. The van der Waals surface area contributed by atoms with E-state index in [9.17, 15) is 4.79 Å². The van der Waals surface area contributed by atoms with Crippen LogP contribution in [0, 0.1) is 0 Å². The van der Waals surface area contributed by atoms with Crippen LogP contribution in [-0.4, -0.2) is 26.1 Å². The average Bonchev–Trinajstić information content (AvgIpc) is 3.00. The molecule has 1 aromatic carbocycles. The van der Waals surface area contributed by atoms with Crippen LogP contribution in [0.4, 0.5) is 0 Å². The lowest BCUT2D eigenvalue weighted by Gasteiger charge is -1.99. The van der Waals surface area contributed by atoms with Crippen molar-refractivity contribution in [2.75, 3.05) is 0 Å². The number of hydrogen-bond donors (Lipinski definition) is 2. The van der Waals surface area contributed by atoms with Gasteiger partial charge in [0.05, 0.1) is 17.6 Å². The van der Waals surface area contributed by atoms with Crippen molar-refractivity contribution in [3.63, 3.8) is 0 Å². The van der Waals surface area contributed by atoms with E-state index in [-0.39, 0.29) is 5.91 Å². The van der Waals surface area contributed by atoms with Crippen molar-refractivity contribution in [3.05, 3.63) is 42.2 Å². The topological polar surface area (TPSA) is 80.0 Å². The van der Waals surface area contributed by atoms with Crippen molar-refractivity contribution in [3.8, 4) is 5.69 Å². The summed E-state index contributed by atoms with van der Waals surface area (Å²) in [5.74, 6) is -0.319. The zero-order chi connectivity index (χ0) is 14.9. The molecule has 6 heteroatoms. The number of nitrogens with zero attached hydrogens (tertiary/aromatic N) is 3. The average molecular weight is 288 g/mol. The Bertz CT molecular complexity index is 554. The van der Waals surface area contributed by atoms with Gasteiger partial charge in [-0.15, -0.1) is 5.10 Å². The number of hydrogen-bond acceptors (Lipinski definition) is 4. The van der Waals surface area contributed by atoms with Crippen molar-refractivity contribution < 1.29 is 10.0 Å². The van der Waals surface area contributed by atoms with Crippen LogP contribution in [0.5, 0.6) is 0 Å². The minimum atomic E-state index is -0.319. The second kappa shape index (κ2) is 8.16. The third-order valence-corrected chi connectivity index (χ3v) is 3.27. The van der Waals surface area contributed by atoms with Gasteiger partial charge in [0.15, 0.2) is 0 Å². The van der Waals surface area contributed by atoms with Gasteiger partial charge in [-0.2, -0.15) is 0 Å². The van der Waals surface area contributed by atoms with Crippen molar-refractivity contribution in [2.24, 2.45) is 0 Å². The van der Waals surface area contributed by atoms with Gasteiger partial charge in [-0.1, -0.05) is 36.3 Å². The molecule has 0 radical (unpaired) electrons. The summed E-state index contributed by atoms with van der Waals surface area (Å²) in [5.41, 5.74) is 3.62. The molecule has 1 heterocycles. The maximum absolute atomic E-state index is 10.8. The van der Waals surface area contributed by atoms with Crippen molar-refractivity contribution in [1.82, 2.24) is 20.5 Å². The fourth-order valence-electron chi connectivity index (χ4n) is 2.12. The molecule has 6 nitrogen and oxygen atoms in total. The Balaban J connectivity index is 1.68. The zero-order valence-corrected chi connectivity index (χ0v) is 11.9. The first-order chi connectivity index (χ1) is 10.3. The monoisotopic (exact) mass is 288 g/mol. The molecule has 1 amide bonds. The van der Waals surface area contributed by atoms with E-state index in [1.807, 2.05) is 36.5 Å². The fourth-order valence-corrected chi connectivity index (χ4v) is 2.12. The molecule has 21 heavy (non-hydrogen) atoms. The molecular formula is C15H20N4O2. The number of unbranched alkanes of at least 4 members (excludes halogenated alkanes) is 3. The number of para-hydroxylation sites is 1. The number of carbonyl (C=O) groups is 1. The molecule has 0 fully saturated rings. The largest absolute Gasteiger partial charge is 0.289 e. The lowest BCUT2D eigenvalue weighted by atomic mass is 10.1. The number of amides is 1. The molecule has 0 saturated heterocycles. The molecule has 2 aromatic rings. The van der Waals surface area contributed by atoms with Crippen LogP contribution in [0.25, 0.3) is 5.69 Å². The molecule has 2 N–H and O–H groups in total. The summed E-state index contributed by atoms with van der Waals surface area (Å²) in [4.78, 5) is 10.8. The van der Waals surface area contributed by atoms with Gasteiger partial charge < -0.3 is 0 Å². The van der Waals surface area contributed by atoms with Crippen LogP contribution < -0.4 is 5.48 Å². The Morgan fingerprint density at radius 3 is 2.67 bits per heavy atom. The number of benzene rings is 1. The van der Waals surface area contributed by atoms with Crippen LogP contribution in [0.15, 0.2) is 36.5 Å². The molecule has 0 saturated carbocycles. The second-order valence-corrected chi connectivity index (χ2v) is 4.94. The molecule has 0 aliphatic heterocycles. The third kappa shape index (κ3) is 5.00. The molecule has 0 unspecified atom stereocenters. The van der Waals surface area contributed by atoms with Crippen LogP contribution in [0.1, 0.15) is 37.8 Å². The van der Waals surface area contributed by atoms with E-state index >= 15 is 0 Å². The molecule has 0 bridgehead atoms. The smallest absolute Gasteiger partial charge is 0.243 e. The SMILES string of the molecule is O=C(CCCCCCc1cn(-c2ccccc2)nn1)NO. The Morgan fingerprint density at radius 2 is 1.90 bits per heavy atom. The van der Waals surface area contributed by atoms with Gasteiger partial charge >= 0.3 is 0 Å². The number of hydroxylamine groups is 1. The summed E-state index contributed by atoms with van der Waals surface area (Å²) in [6.07, 6.45) is 7.04. The van der Waals surface area contributed by atoms with Gasteiger partial charge in [-0.05, 0) is 31.4 Å². The zero-order valence-electron chi connectivity index (χ0n) is 11.9. The van der Waals surface area contributed by atoms with Crippen molar-refractivity contribution in [1.29, 1.82) is 0 Å². The van der Waals surface area contributed by atoms with E-state index in [1.165, 1.54) is 0 Å². The summed E-state index contributed by atoms with van der Waals surface area (Å²) in [7, 11) is 0. The first kappa shape index (κ1) is 15.2. The van der Waals surface area contributed by atoms with E-state index in [4.69, 9.17) is 5.21 Å². The van der Waals surface area contributed by atoms with Crippen molar-refractivity contribution in [2.45, 2.75) is 38.5 Å². The van der Waals surface area contributed by atoms with Gasteiger partial charge in [-0.3, -0.25) is 10.0 Å². The van der Waals surface area contributed by atoms with Gasteiger partial charge in [0.1, 0.15) is 0 Å². The summed E-state index contributed by atoms with van der Waals surface area (Å²) >= 11 is 0. The predicted octanol–water partition coefficient (Wildman–Crippen LogP) is 2.27. The van der Waals surface area contributed by atoms with Crippen LogP contribution in [0.2, 0.25) is 0 Å². The number of nitrogens with one attached hydrogen (secondary N) is 1. The fraction of sp³-hybridized carbons (Fsp3) is 0.400. The minimum absolute atomic E-state index is 0.319. The lowest BCUT2D eigenvalue weighted by Crippen LogP contribution is -2.17. The van der Waals surface area contributed by atoms with Crippen LogP contribution in [-0.2, 0) is 11.2 Å². The highest BCUT2D eigenvalue weighted by Gasteiger charge is 2.03. The molecule has 1 aromatic heterocycles. The molecule has 0 atom stereocenters. The van der Waals surface area contributed by atoms with E-state index in [1.54, 1.807) is 10.2 Å². The molecular weight excluding hydrogens is 268 g/mol. The van der Waals surface area contributed by atoms with E-state index in [2.05, 4.69) is 10.3 Å². The number of carbonyl (C=O) groups excluding carboxylic acids is 1. The molecule has 0 spiro atoms. The minimum Gasteiger partial charge on any atom is -0.289 e. The Labute approximate surface area is 123 Å². The van der Waals surface area contributed by atoms with E-state index in [0.29, 0.717) is 6.42 Å². The van der Waals surface area contributed by atoms with E-state index < -0.39 is 0 Å². The third-order valence-electron chi connectivity index (χ3n) is 3.27. The van der Waals surface area contributed by atoms with Crippen LogP contribution >= 0.6 is 0 Å². The molecule has 0 aliphatic carbocycles. The molecule has 0 aliphatic rings. The van der Waals surface area contributed by atoms with Gasteiger partial charge in [-0.25, -0.2) is 10.2 Å².